The van der Waals surface area contributed by atoms with Crippen molar-refractivity contribution >= 4 is 23.8 Å². The number of ketones is 1. The molecule has 15 heavy (non-hydrogen) atoms. The number of amides is 2. The molecular weight excluding hydrogens is 206 g/mol. The number of Topliss-reactive ketones (excluding diaryl/α,β-unsaturated/α-hetero) is 1. The number of hydroxylamine groups is 2. The summed E-state index contributed by atoms with van der Waals surface area (Å²) in [4.78, 5) is 47.6. The molecule has 0 atom stereocenters. The molecule has 0 aromatic carbocycles. The molecule has 0 aromatic heterocycles. The van der Waals surface area contributed by atoms with Crippen molar-refractivity contribution in [2.24, 2.45) is 0 Å². The van der Waals surface area contributed by atoms with Crippen LogP contribution < -0.4 is 0 Å². The molecule has 0 unspecified atom stereocenters. The SMILES string of the molecule is CC(=O)CCC(=O)ON1C(=O)COC1=O. The summed E-state index contributed by atoms with van der Waals surface area (Å²) in [5.41, 5.74) is 0. The predicted octanol–water partition coefficient (Wildman–Crippen LogP) is -0.207. The number of nitrogens with zero attached hydrogens (tertiary/aromatic N) is 1. The number of carbonyl (C=O) groups is 4. The first-order chi connectivity index (χ1) is 7.00. The van der Waals surface area contributed by atoms with Crippen molar-refractivity contribution in [2.75, 3.05) is 6.61 Å². The van der Waals surface area contributed by atoms with Gasteiger partial charge in [0.05, 0.1) is 6.42 Å². The number of carbonyl (C=O) groups excluding carboxylic acids is 4. The van der Waals surface area contributed by atoms with Crippen LogP contribution in [0.1, 0.15) is 19.8 Å². The Morgan fingerprint density at radius 2 is 2.07 bits per heavy atom. The number of rotatable bonds is 4. The maximum atomic E-state index is 11.0. The van der Waals surface area contributed by atoms with Crippen molar-refractivity contribution < 1.29 is 28.8 Å². The summed E-state index contributed by atoms with van der Waals surface area (Å²) < 4.78 is 4.30. The molecule has 1 aliphatic heterocycles. The summed E-state index contributed by atoms with van der Waals surface area (Å²) in [6, 6.07) is 0. The maximum Gasteiger partial charge on any atom is 0.451 e. The van der Waals surface area contributed by atoms with Crippen LogP contribution in [0.3, 0.4) is 0 Å². The standard InChI is InChI=1S/C8H9NO6/c1-5(10)2-3-7(12)15-9-6(11)4-14-8(9)13/h2-4H2,1H3. The lowest BCUT2D eigenvalue weighted by Crippen LogP contribution is -2.32. The Morgan fingerprint density at radius 1 is 1.40 bits per heavy atom. The van der Waals surface area contributed by atoms with E-state index in [1.165, 1.54) is 6.92 Å². The number of imide groups is 1. The average molecular weight is 215 g/mol. The third-order valence-electron chi connectivity index (χ3n) is 1.59. The lowest BCUT2D eigenvalue weighted by Gasteiger charge is -2.08. The van der Waals surface area contributed by atoms with Crippen molar-refractivity contribution in [3.8, 4) is 0 Å². The number of hydrogen-bond donors (Lipinski definition) is 0. The van der Waals surface area contributed by atoms with Crippen LogP contribution >= 0.6 is 0 Å². The zero-order valence-corrected chi connectivity index (χ0v) is 8.02. The van der Waals surface area contributed by atoms with Crippen LogP contribution in [-0.4, -0.2) is 35.4 Å². The zero-order valence-electron chi connectivity index (χ0n) is 8.02. The second kappa shape index (κ2) is 4.54. The van der Waals surface area contributed by atoms with Crippen LogP contribution in [0.25, 0.3) is 0 Å². The van der Waals surface area contributed by atoms with Gasteiger partial charge < -0.3 is 14.4 Å². The van der Waals surface area contributed by atoms with Gasteiger partial charge in [0.2, 0.25) is 0 Å². The Bertz CT molecular complexity index is 307. The maximum absolute atomic E-state index is 11.0. The molecule has 0 aliphatic carbocycles. The molecule has 1 heterocycles. The lowest BCUT2D eigenvalue weighted by molar-refractivity contribution is -0.182. The largest absolute Gasteiger partial charge is 0.451 e. The smallest absolute Gasteiger partial charge is 0.437 e. The van der Waals surface area contributed by atoms with Crippen LogP contribution in [-0.2, 0) is 24.0 Å². The average Bonchev–Trinajstić information content (AvgIpc) is 2.46. The number of hydrogen-bond acceptors (Lipinski definition) is 6. The Morgan fingerprint density at radius 3 is 2.53 bits per heavy atom. The van der Waals surface area contributed by atoms with E-state index in [4.69, 9.17) is 0 Å². The summed E-state index contributed by atoms with van der Waals surface area (Å²) in [5, 5.41) is 0.252. The van der Waals surface area contributed by atoms with Gasteiger partial charge >= 0.3 is 18.0 Å². The molecular formula is C8H9NO6. The molecule has 82 valence electrons. The normalized spacial score (nSPS) is 15.1. The van der Waals surface area contributed by atoms with E-state index < -0.39 is 24.6 Å². The van der Waals surface area contributed by atoms with Gasteiger partial charge in [-0.05, 0) is 6.92 Å². The molecule has 7 nitrogen and oxygen atoms in total. The van der Waals surface area contributed by atoms with Crippen molar-refractivity contribution in [3.05, 3.63) is 0 Å². The quantitative estimate of drug-likeness (QED) is 0.644. The van der Waals surface area contributed by atoms with Crippen LogP contribution in [0.5, 0.6) is 0 Å². The molecule has 1 aliphatic rings. The monoisotopic (exact) mass is 215 g/mol. The van der Waals surface area contributed by atoms with Gasteiger partial charge in [0.1, 0.15) is 5.78 Å². The molecule has 0 bridgehead atoms. The predicted molar refractivity (Wildman–Crippen MR) is 44.2 cm³/mol. The molecule has 1 saturated heterocycles. The molecule has 7 heteroatoms. The Kier molecular flexibility index (Phi) is 3.37. The fourth-order valence-electron chi connectivity index (χ4n) is 0.856. The fourth-order valence-corrected chi connectivity index (χ4v) is 0.856. The van der Waals surface area contributed by atoms with Gasteiger partial charge in [0.25, 0.3) is 0 Å². The Balaban J connectivity index is 2.40. The summed E-state index contributed by atoms with van der Waals surface area (Å²) in [6.45, 7) is 0.890. The Hall–Kier alpha value is -1.92. The molecule has 0 aromatic rings. The highest BCUT2D eigenvalue weighted by atomic mass is 16.8. The second-order valence-electron chi connectivity index (χ2n) is 2.91. The van der Waals surface area contributed by atoms with Gasteiger partial charge in [-0.3, -0.25) is 4.79 Å². The van der Waals surface area contributed by atoms with E-state index in [1.807, 2.05) is 0 Å². The molecule has 0 saturated carbocycles. The molecule has 2 amide bonds. The molecule has 0 spiro atoms. The van der Waals surface area contributed by atoms with Crippen molar-refractivity contribution in [2.45, 2.75) is 19.8 Å². The first kappa shape index (κ1) is 11.2. The van der Waals surface area contributed by atoms with E-state index in [1.54, 1.807) is 0 Å². The van der Waals surface area contributed by atoms with Crippen LogP contribution in [0.15, 0.2) is 0 Å². The van der Waals surface area contributed by atoms with E-state index in [-0.39, 0.29) is 23.7 Å². The van der Waals surface area contributed by atoms with Crippen molar-refractivity contribution in [1.29, 1.82) is 0 Å². The number of ether oxygens (including phenoxy) is 1. The van der Waals surface area contributed by atoms with E-state index in [2.05, 4.69) is 9.57 Å². The van der Waals surface area contributed by atoms with E-state index in [0.29, 0.717) is 0 Å². The minimum absolute atomic E-state index is 0.00983. The summed E-state index contributed by atoms with van der Waals surface area (Å²) in [5.74, 6) is -1.74. The van der Waals surface area contributed by atoms with Crippen LogP contribution in [0, 0.1) is 0 Å². The molecule has 0 N–H and O–H groups in total. The highest BCUT2D eigenvalue weighted by Crippen LogP contribution is 2.07. The van der Waals surface area contributed by atoms with E-state index in [9.17, 15) is 19.2 Å². The van der Waals surface area contributed by atoms with E-state index >= 15 is 0 Å². The first-order valence-corrected chi connectivity index (χ1v) is 4.20. The summed E-state index contributed by atoms with van der Waals surface area (Å²) in [7, 11) is 0. The molecule has 1 rings (SSSR count). The Labute approximate surface area is 84.9 Å². The van der Waals surface area contributed by atoms with Crippen molar-refractivity contribution in [3.63, 3.8) is 0 Å². The fraction of sp³-hybridized carbons (Fsp3) is 0.500. The topological polar surface area (TPSA) is 90.0 Å². The molecule has 1 fully saturated rings. The van der Waals surface area contributed by atoms with Gasteiger partial charge in [0.15, 0.2) is 6.61 Å². The van der Waals surface area contributed by atoms with Gasteiger partial charge in [0, 0.05) is 6.42 Å². The zero-order chi connectivity index (χ0) is 11.4. The van der Waals surface area contributed by atoms with E-state index in [0.717, 1.165) is 0 Å². The highest BCUT2D eigenvalue weighted by Gasteiger charge is 2.35. The van der Waals surface area contributed by atoms with Crippen molar-refractivity contribution in [1.82, 2.24) is 5.06 Å². The third-order valence-corrected chi connectivity index (χ3v) is 1.59. The van der Waals surface area contributed by atoms with Gasteiger partial charge in [-0.1, -0.05) is 5.06 Å². The number of cyclic esters (lactones) is 1. The third kappa shape index (κ3) is 3.04. The van der Waals surface area contributed by atoms with Crippen LogP contribution in [0.4, 0.5) is 4.79 Å². The van der Waals surface area contributed by atoms with Crippen LogP contribution in [0.2, 0.25) is 0 Å². The van der Waals surface area contributed by atoms with Gasteiger partial charge in [-0.25, -0.2) is 9.59 Å². The summed E-state index contributed by atoms with van der Waals surface area (Å²) >= 11 is 0. The summed E-state index contributed by atoms with van der Waals surface area (Å²) in [6.07, 6.45) is -1.18. The van der Waals surface area contributed by atoms with Gasteiger partial charge in [-0.2, -0.15) is 0 Å². The first-order valence-electron chi connectivity index (χ1n) is 4.20. The minimum Gasteiger partial charge on any atom is -0.437 e. The second-order valence-corrected chi connectivity index (χ2v) is 2.91. The highest BCUT2D eigenvalue weighted by molar-refractivity contribution is 5.97. The minimum atomic E-state index is -1.02. The molecule has 0 radical (unpaired) electrons. The van der Waals surface area contributed by atoms with Gasteiger partial charge in [-0.15, -0.1) is 0 Å². The lowest BCUT2D eigenvalue weighted by atomic mass is 10.2.